The fraction of sp³-hybridized carbons (Fsp3) is 0.286. The number of hydrogen-bond donors (Lipinski definition) is 0. The Morgan fingerprint density at radius 3 is 2.77 bits per heavy atom. The number of aryl methyl sites for hydroxylation is 2. The summed E-state index contributed by atoms with van der Waals surface area (Å²) >= 11 is 0. The van der Waals surface area contributed by atoms with Gasteiger partial charge in [-0.3, -0.25) is 0 Å². The fourth-order valence-corrected chi connectivity index (χ4v) is 2.77. The van der Waals surface area contributed by atoms with Crippen LogP contribution in [0.15, 0.2) is 57.8 Å². The highest BCUT2D eigenvalue weighted by molar-refractivity contribution is 5.97. The van der Waals surface area contributed by atoms with Gasteiger partial charge in [-0.15, -0.1) is 10.8 Å². The third-order valence-electron chi connectivity index (χ3n) is 4.54. The summed E-state index contributed by atoms with van der Waals surface area (Å²) in [5.74, 6) is 0.463. The molecular weight excluding hydrogens is 396 g/mol. The van der Waals surface area contributed by atoms with Crippen molar-refractivity contribution in [3.8, 4) is 5.69 Å². The Kier molecular flexibility index (Phi) is 6.74. The number of hydrogen-bond acceptors (Lipinski definition) is 7. The van der Waals surface area contributed by atoms with Crippen molar-refractivity contribution in [3.05, 3.63) is 70.1 Å². The molecule has 10 heteroatoms. The summed E-state index contributed by atoms with van der Waals surface area (Å²) in [4.78, 5) is 12.3. The zero-order valence-electron chi connectivity index (χ0n) is 18.0. The summed E-state index contributed by atoms with van der Waals surface area (Å²) in [5, 5.41) is 20.5. The molecule has 0 aliphatic rings. The second-order valence-corrected chi connectivity index (χ2v) is 6.71. The molecule has 1 aromatic carbocycles. The first-order chi connectivity index (χ1) is 14.9. The minimum absolute atomic E-state index is 0.213. The molecule has 0 aliphatic carbocycles. The molecule has 0 saturated carbocycles. The van der Waals surface area contributed by atoms with Crippen molar-refractivity contribution in [1.82, 2.24) is 29.6 Å². The Hall–Kier alpha value is -4.04. The first kappa shape index (κ1) is 21.7. The van der Waals surface area contributed by atoms with Gasteiger partial charge in [-0.1, -0.05) is 25.6 Å². The summed E-state index contributed by atoms with van der Waals surface area (Å²) in [6.45, 7) is 9.44. The van der Waals surface area contributed by atoms with Gasteiger partial charge in [-0.25, -0.2) is 9.48 Å². The molecule has 0 atom stereocenters. The molecule has 0 spiro atoms. The van der Waals surface area contributed by atoms with Crippen molar-refractivity contribution in [2.24, 2.45) is 17.3 Å². The van der Waals surface area contributed by atoms with E-state index in [1.807, 2.05) is 39.0 Å². The van der Waals surface area contributed by atoms with Crippen LogP contribution in [0.4, 0.5) is 0 Å². The zero-order valence-corrected chi connectivity index (χ0v) is 18.0. The van der Waals surface area contributed by atoms with E-state index in [1.54, 1.807) is 30.2 Å². The van der Waals surface area contributed by atoms with E-state index >= 15 is 0 Å². The van der Waals surface area contributed by atoms with Crippen LogP contribution in [0.25, 0.3) is 11.9 Å². The molecular formula is C21H24N8O2. The Bertz CT molecular complexity index is 1240. The van der Waals surface area contributed by atoms with Gasteiger partial charge in [0.1, 0.15) is 12.3 Å². The number of rotatable bonds is 7. The first-order valence-electron chi connectivity index (χ1n) is 9.67. The van der Waals surface area contributed by atoms with Gasteiger partial charge in [0.25, 0.3) is 0 Å². The highest BCUT2D eigenvalue weighted by Gasteiger charge is 2.14. The summed E-state index contributed by atoms with van der Waals surface area (Å²) in [5.41, 5.74) is 6.07. The minimum Gasteiger partial charge on any atom is -0.475 e. The minimum atomic E-state index is -0.331. The van der Waals surface area contributed by atoms with Crippen molar-refractivity contribution in [3.63, 3.8) is 0 Å². The van der Waals surface area contributed by atoms with Gasteiger partial charge in [0.2, 0.25) is 5.90 Å². The van der Waals surface area contributed by atoms with E-state index in [0.717, 1.165) is 11.1 Å². The normalized spacial score (nSPS) is 12.0. The third-order valence-corrected chi connectivity index (χ3v) is 4.54. The largest absolute Gasteiger partial charge is 0.475 e. The van der Waals surface area contributed by atoms with Crippen molar-refractivity contribution in [1.29, 1.82) is 0 Å². The first-order valence-corrected chi connectivity index (χ1v) is 9.67. The van der Waals surface area contributed by atoms with Gasteiger partial charge in [-0.05, 0) is 42.0 Å². The van der Waals surface area contributed by atoms with Crippen LogP contribution in [0.3, 0.4) is 0 Å². The maximum Gasteiger partial charge on any atom is 0.368 e. The van der Waals surface area contributed by atoms with Crippen LogP contribution in [0.1, 0.15) is 37.1 Å². The van der Waals surface area contributed by atoms with Gasteiger partial charge in [0.05, 0.1) is 17.6 Å². The summed E-state index contributed by atoms with van der Waals surface area (Å²) < 4.78 is 9.94. The molecule has 0 saturated heterocycles. The molecule has 160 valence electrons. The number of tetrazole rings is 1. The molecule has 3 aromatic rings. The Labute approximate surface area is 179 Å². The van der Waals surface area contributed by atoms with E-state index in [-0.39, 0.29) is 12.3 Å². The highest BCUT2D eigenvalue weighted by Crippen LogP contribution is 2.18. The standard InChI is InChI=1S/C21H24N8O2/c1-6-12-28-13-11-18(24-28)16(4)22-23-20(7-2)31-14-17-15(3)9-8-10-19(17)29-21(30)27(5)25-26-29/h8-13H,1,7,14H2,2-5H3/b22-16+,23-20-. The average molecular weight is 420 g/mol. The second-order valence-electron chi connectivity index (χ2n) is 6.71. The SMILES string of the molecule is C=C=Cn1ccc(/C(C)=N/N=C(/CC)OCc2c(C)cccc2-n2nnn(C)c2=O)n1. The lowest BCUT2D eigenvalue weighted by Gasteiger charge is -2.13. The lowest BCUT2D eigenvalue weighted by Crippen LogP contribution is -2.23. The number of ether oxygens (including phenoxy) is 1. The van der Waals surface area contributed by atoms with Gasteiger partial charge in [0, 0.05) is 25.2 Å². The topological polar surface area (TPSA) is 104 Å². The lowest BCUT2D eigenvalue weighted by molar-refractivity contribution is 0.282. The molecule has 3 rings (SSSR count). The van der Waals surface area contributed by atoms with Crippen LogP contribution < -0.4 is 5.69 Å². The van der Waals surface area contributed by atoms with Crippen LogP contribution in [-0.2, 0) is 18.4 Å². The monoisotopic (exact) mass is 420 g/mol. The molecule has 0 radical (unpaired) electrons. The number of aromatic nitrogens is 6. The predicted octanol–water partition coefficient (Wildman–Crippen LogP) is 2.48. The Balaban J connectivity index is 1.81. The van der Waals surface area contributed by atoms with Gasteiger partial charge >= 0.3 is 5.69 Å². The van der Waals surface area contributed by atoms with E-state index in [0.29, 0.717) is 29.4 Å². The van der Waals surface area contributed by atoms with Crippen LogP contribution >= 0.6 is 0 Å². The van der Waals surface area contributed by atoms with Crippen molar-refractivity contribution in [2.45, 2.75) is 33.8 Å². The maximum absolute atomic E-state index is 12.3. The highest BCUT2D eigenvalue weighted by atomic mass is 16.5. The van der Waals surface area contributed by atoms with Crippen LogP contribution in [-0.4, -0.2) is 41.2 Å². The molecule has 31 heavy (non-hydrogen) atoms. The number of nitrogens with zero attached hydrogens (tertiary/aromatic N) is 8. The van der Waals surface area contributed by atoms with Gasteiger partial charge in [-0.2, -0.15) is 19.6 Å². The quantitative estimate of drug-likeness (QED) is 0.253. The van der Waals surface area contributed by atoms with E-state index in [2.05, 4.69) is 38.0 Å². The van der Waals surface area contributed by atoms with Crippen LogP contribution in [0.5, 0.6) is 0 Å². The molecule has 0 N–H and O–H groups in total. The van der Waals surface area contributed by atoms with Crippen LogP contribution in [0.2, 0.25) is 0 Å². The van der Waals surface area contributed by atoms with Crippen molar-refractivity contribution >= 4 is 17.8 Å². The van der Waals surface area contributed by atoms with Crippen molar-refractivity contribution in [2.75, 3.05) is 0 Å². The van der Waals surface area contributed by atoms with Gasteiger partial charge < -0.3 is 4.74 Å². The molecule has 0 bridgehead atoms. The molecule has 0 fully saturated rings. The smallest absolute Gasteiger partial charge is 0.368 e. The average Bonchev–Trinajstić information content (AvgIpc) is 3.36. The zero-order chi connectivity index (χ0) is 22.4. The predicted molar refractivity (Wildman–Crippen MR) is 118 cm³/mol. The molecule has 2 aromatic heterocycles. The van der Waals surface area contributed by atoms with E-state index in [4.69, 9.17) is 4.74 Å². The molecule has 10 nitrogen and oxygen atoms in total. The molecule has 0 amide bonds. The maximum atomic E-state index is 12.3. The van der Waals surface area contributed by atoms with E-state index in [9.17, 15) is 4.79 Å². The third kappa shape index (κ3) is 4.93. The fourth-order valence-electron chi connectivity index (χ4n) is 2.77. The van der Waals surface area contributed by atoms with Crippen molar-refractivity contribution < 1.29 is 4.74 Å². The van der Waals surface area contributed by atoms with E-state index in [1.165, 1.54) is 9.36 Å². The summed E-state index contributed by atoms with van der Waals surface area (Å²) in [7, 11) is 1.55. The van der Waals surface area contributed by atoms with Crippen LogP contribution in [0, 0.1) is 6.92 Å². The summed E-state index contributed by atoms with van der Waals surface area (Å²) in [6.07, 6.45) is 3.95. The molecule has 0 unspecified atom stereocenters. The molecule has 2 heterocycles. The second kappa shape index (κ2) is 9.64. The molecule has 0 aliphatic heterocycles. The van der Waals surface area contributed by atoms with E-state index < -0.39 is 0 Å². The Morgan fingerprint density at radius 2 is 2.10 bits per heavy atom. The lowest BCUT2D eigenvalue weighted by atomic mass is 10.1. The summed E-state index contributed by atoms with van der Waals surface area (Å²) in [6, 6.07) is 7.44. The Morgan fingerprint density at radius 1 is 1.29 bits per heavy atom. The number of benzene rings is 1. The van der Waals surface area contributed by atoms with Gasteiger partial charge in [0.15, 0.2) is 0 Å².